The third kappa shape index (κ3) is 1.93. The van der Waals surface area contributed by atoms with Crippen molar-refractivity contribution in [2.24, 2.45) is 40.4 Å². The summed E-state index contributed by atoms with van der Waals surface area (Å²) in [5.74, 6) is 2.49. The van der Waals surface area contributed by atoms with Crippen molar-refractivity contribution in [1.82, 2.24) is 0 Å². The van der Waals surface area contributed by atoms with Crippen LogP contribution >= 0.6 is 0 Å². The molecular weight excluding hydrogens is 298 g/mol. The lowest BCUT2D eigenvalue weighted by Crippen LogP contribution is -2.54. The van der Waals surface area contributed by atoms with Gasteiger partial charge in [0.15, 0.2) is 5.78 Å². The van der Waals surface area contributed by atoms with Crippen molar-refractivity contribution in [1.29, 1.82) is 5.41 Å². The van der Waals surface area contributed by atoms with Crippen molar-refractivity contribution in [3.8, 4) is 0 Å². The van der Waals surface area contributed by atoms with Crippen LogP contribution in [-0.2, 0) is 9.59 Å². The van der Waals surface area contributed by atoms with Gasteiger partial charge in [-0.25, -0.2) is 0 Å². The second kappa shape index (κ2) is 5.12. The summed E-state index contributed by atoms with van der Waals surface area (Å²) in [6, 6.07) is 0. The summed E-state index contributed by atoms with van der Waals surface area (Å²) in [6.45, 7) is 6.43. The van der Waals surface area contributed by atoms with Gasteiger partial charge in [-0.15, -0.1) is 0 Å². The lowest BCUT2D eigenvalue weighted by molar-refractivity contribution is -0.128. The molecule has 3 fully saturated rings. The zero-order valence-corrected chi connectivity index (χ0v) is 15.1. The Morgan fingerprint density at radius 3 is 2.58 bits per heavy atom. The van der Waals surface area contributed by atoms with Gasteiger partial charge in [0.25, 0.3) is 0 Å². The number of carbonyl (C=O) groups is 2. The monoisotopic (exact) mass is 327 g/mol. The maximum atomic E-state index is 12.2. The summed E-state index contributed by atoms with van der Waals surface area (Å²) in [4.78, 5) is 24.1. The van der Waals surface area contributed by atoms with Crippen molar-refractivity contribution in [2.45, 2.75) is 59.3 Å². The van der Waals surface area contributed by atoms with Crippen LogP contribution in [0.15, 0.2) is 12.2 Å². The number of ketones is 2. The smallest absolute Gasteiger partial charge is 0.199 e. The van der Waals surface area contributed by atoms with E-state index in [9.17, 15) is 9.59 Å². The van der Waals surface area contributed by atoms with E-state index >= 15 is 0 Å². The molecule has 4 aliphatic rings. The molecule has 24 heavy (non-hydrogen) atoms. The SMILES string of the molecule is CC(=O)[C@H]1CC[C@H]2[C@@H]3CCC4C(=N)C(=O)C=C[C@]4(C)[C@H]3CC[C@]12C. The van der Waals surface area contributed by atoms with Crippen LogP contribution in [0.25, 0.3) is 0 Å². The Balaban J connectivity index is 1.69. The molecule has 0 aromatic carbocycles. The van der Waals surface area contributed by atoms with E-state index in [1.165, 1.54) is 6.42 Å². The molecule has 4 rings (SSSR count). The first kappa shape index (κ1) is 16.2. The van der Waals surface area contributed by atoms with E-state index in [1.807, 2.05) is 0 Å². The molecule has 7 atom stereocenters. The molecule has 0 aliphatic heterocycles. The van der Waals surface area contributed by atoms with Gasteiger partial charge in [-0.2, -0.15) is 0 Å². The molecule has 0 spiro atoms. The van der Waals surface area contributed by atoms with E-state index < -0.39 is 0 Å². The molecule has 3 saturated carbocycles. The largest absolute Gasteiger partial charge is 0.301 e. The Morgan fingerprint density at radius 1 is 1.12 bits per heavy atom. The Bertz CT molecular complexity index is 650. The third-order valence-corrected chi connectivity index (χ3v) is 8.47. The molecule has 1 unspecified atom stereocenters. The van der Waals surface area contributed by atoms with E-state index in [4.69, 9.17) is 5.41 Å². The lowest BCUT2D eigenvalue weighted by Gasteiger charge is -2.58. The Hall–Kier alpha value is -1.25. The predicted molar refractivity (Wildman–Crippen MR) is 93.9 cm³/mol. The quantitative estimate of drug-likeness (QED) is 0.784. The van der Waals surface area contributed by atoms with E-state index in [0.29, 0.717) is 29.2 Å². The Morgan fingerprint density at radius 2 is 1.88 bits per heavy atom. The second-order valence-electron chi connectivity index (χ2n) is 9.27. The number of hydrogen-bond acceptors (Lipinski definition) is 3. The van der Waals surface area contributed by atoms with E-state index in [0.717, 1.165) is 32.1 Å². The van der Waals surface area contributed by atoms with Gasteiger partial charge in [-0.05, 0) is 80.1 Å². The first-order chi connectivity index (χ1) is 11.3. The number of fused-ring (bicyclic) bond motifs is 5. The summed E-state index contributed by atoms with van der Waals surface area (Å²) in [6.07, 6.45) is 10.4. The molecule has 4 aliphatic carbocycles. The fraction of sp³-hybridized carbons (Fsp3) is 0.762. The maximum Gasteiger partial charge on any atom is 0.199 e. The van der Waals surface area contributed by atoms with Crippen LogP contribution in [-0.4, -0.2) is 17.3 Å². The van der Waals surface area contributed by atoms with Crippen molar-refractivity contribution in [3.05, 3.63) is 12.2 Å². The van der Waals surface area contributed by atoms with Crippen LogP contribution in [0.2, 0.25) is 0 Å². The number of Topliss-reactive ketones (excluding diaryl/α,β-unsaturated/α-hetero) is 1. The summed E-state index contributed by atoms with van der Waals surface area (Å²) >= 11 is 0. The normalized spacial score (nSPS) is 50.2. The molecule has 3 nitrogen and oxygen atoms in total. The molecule has 1 N–H and O–H groups in total. The lowest BCUT2D eigenvalue weighted by atomic mass is 9.45. The number of allylic oxidation sites excluding steroid dienone is 2. The predicted octanol–water partition coefficient (Wildman–Crippen LogP) is 4.21. The van der Waals surface area contributed by atoms with Crippen LogP contribution in [0, 0.1) is 45.8 Å². The molecule has 3 heteroatoms. The molecule has 0 aromatic rings. The van der Waals surface area contributed by atoms with Crippen molar-refractivity contribution in [3.63, 3.8) is 0 Å². The van der Waals surface area contributed by atoms with Crippen molar-refractivity contribution >= 4 is 17.3 Å². The number of carbonyl (C=O) groups excluding carboxylic acids is 2. The first-order valence-corrected chi connectivity index (χ1v) is 9.61. The molecule has 0 amide bonds. The molecular formula is C21H29NO2. The molecule has 0 bridgehead atoms. The standard InChI is InChI=1S/C21H29NO2/c1-12(23)14-6-7-15-13-4-5-17-19(22)18(24)9-11-21(17,3)16(13)8-10-20(14,15)2/h9,11,13-17,22H,4-8,10H2,1-3H3/t13-,14+,15-,16-,17?,20+,21+/m0/s1. The van der Waals surface area contributed by atoms with E-state index in [2.05, 4.69) is 19.9 Å². The minimum absolute atomic E-state index is 0.0381. The zero-order valence-electron chi connectivity index (χ0n) is 15.1. The highest BCUT2D eigenvalue weighted by Gasteiger charge is 2.60. The summed E-state index contributed by atoms with van der Waals surface area (Å²) in [7, 11) is 0. The highest BCUT2D eigenvalue weighted by Crippen LogP contribution is 2.66. The highest BCUT2D eigenvalue weighted by molar-refractivity contribution is 6.44. The minimum atomic E-state index is -0.0888. The summed E-state index contributed by atoms with van der Waals surface area (Å²) in [5, 5.41) is 8.28. The van der Waals surface area contributed by atoms with Crippen LogP contribution in [0.4, 0.5) is 0 Å². The fourth-order valence-electron chi connectivity index (χ4n) is 7.27. The van der Waals surface area contributed by atoms with Crippen LogP contribution < -0.4 is 0 Å². The van der Waals surface area contributed by atoms with Gasteiger partial charge in [-0.1, -0.05) is 19.9 Å². The number of rotatable bonds is 1. The van der Waals surface area contributed by atoms with Crippen LogP contribution in [0.3, 0.4) is 0 Å². The van der Waals surface area contributed by atoms with Crippen LogP contribution in [0.5, 0.6) is 0 Å². The van der Waals surface area contributed by atoms with Crippen LogP contribution in [0.1, 0.15) is 59.3 Å². The summed E-state index contributed by atoms with van der Waals surface area (Å²) < 4.78 is 0. The topological polar surface area (TPSA) is 58.0 Å². The Kier molecular flexibility index (Phi) is 3.47. The highest BCUT2D eigenvalue weighted by atomic mass is 16.1. The fourth-order valence-corrected chi connectivity index (χ4v) is 7.27. The first-order valence-electron chi connectivity index (χ1n) is 9.61. The Labute approximate surface area is 144 Å². The molecule has 0 saturated heterocycles. The van der Waals surface area contributed by atoms with Crippen molar-refractivity contribution in [2.75, 3.05) is 0 Å². The van der Waals surface area contributed by atoms with Gasteiger partial charge in [0, 0.05) is 11.8 Å². The maximum absolute atomic E-state index is 12.2. The molecule has 0 radical (unpaired) electrons. The van der Waals surface area contributed by atoms with Gasteiger partial charge in [0.05, 0.1) is 5.71 Å². The number of hydrogen-bond donors (Lipinski definition) is 1. The van der Waals surface area contributed by atoms with Gasteiger partial charge in [0.2, 0.25) is 0 Å². The molecule has 0 heterocycles. The van der Waals surface area contributed by atoms with E-state index in [1.54, 1.807) is 13.0 Å². The number of nitrogens with one attached hydrogen (secondary N) is 1. The van der Waals surface area contributed by atoms with Crippen molar-refractivity contribution < 1.29 is 9.59 Å². The van der Waals surface area contributed by atoms with Gasteiger partial charge in [0.1, 0.15) is 5.78 Å². The van der Waals surface area contributed by atoms with Gasteiger partial charge >= 0.3 is 0 Å². The molecule has 0 aromatic heterocycles. The second-order valence-corrected chi connectivity index (χ2v) is 9.27. The van der Waals surface area contributed by atoms with Gasteiger partial charge in [-0.3, -0.25) is 9.59 Å². The van der Waals surface area contributed by atoms with Gasteiger partial charge < -0.3 is 5.41 Å². The minimum Gasteiger partial charge on any atom is -0.301 e. The van der Waals surface area contributed by atoms with E-state index in [-0.39, 0.29) is 28.4 Å². The average molecular weight is 327 g/mol. The molecule has 130 valence electrons. The average Bonchev–Trinajstić information content (AvgIpc) is 2.89. The third-order valence-electron chi connectivity index (χ3n) is 8.47. The zero-order chi connectivity index (χ0) is 17.3. The summed E-state index contributed by atoms with van der Waals surface area (Å²) in [5.41, 5.74) is 0.474.